The van der Waals surface area contributed by atoms with Crippen LogP contribution < -0.4 is 10.8 Å². The molecule has 0 saturated carbocycles. The van der Waals surface area contributed by atoms with Crippen LogP contribution in [0.4, 0.5) is 0 Å². The molecule has 0 aromatic heterocycles. The van der Waals surface area contributed by atoms with Crippen molar-refractivity contribution in [2.45, 2.75) is 13.8 Å². The highest BCUT2D eigenvalue weighted by molar-refractivity contribution is 5.79. The zero-order valence-corrected chi connectivity index (χ0v) is 8.05. The summed E-state index contributed by atoms with van der Waals surface area (Å²) >= 11 is 0. The van der Waals surface area contributed by atoms with E-state index in [1.165, 1.54) is 0 Å². The molecule has 1 rings (SSSR count). The number of nitrogens with zero attached hydrogens (tertiary/aromatic N) is 1. The summed E-state index contributed by atoms with van der Waals surface area (Å²) in [5.41, 5.74) is 2.88. The lowest BCUT2D eigenvalue weighted by molar-refractivity contribution is 0.109. The molecule has 0 bridgehead atoms. The predicted molar refractivity (Wildman–Crippen MR) is 52.0 cm³/mol. The van der Waals surface area contributed by atoms with Gasteiger partial charge in [-0.3, -0.25) is 9.83 Å². The van der Waals surface area contributed by atoms with E-state index in [-0.39, 0.29) is 12.0 Å². The molecule has 0 aromatic carbocycles. The molecular formula is C9H15N3O. The van der Waals surface area contributed by atoms with Crippen LogP contribution in [0.1, 0.15) is 13.8 Å². The Morgan fingerprint density at radius 3 is 3.08 bits per heavy atom. The molecule has 13 heavy (non-hydrogen) atoms. The molecule has 1 heterocycles. The number of guanidine groups is 1. The van der Waals surface area contributed by atoms with Crippen molar-refractivity contribution in [2.75, 3.05) is 19.7 Å². The number of hydroxylamine groups is 1. The quantitative estimate of drug-likeness (QED) is 0.361. The van der Waals surface area contributed by atoms with E-state index in [1.807, 2.05) is 0 Å². The summed E-state index contributed by atoms with van der Waals surface area (Å²) in [5, 5.41) is 3.11. The third-order valence-corrected chi connectivity index (χ3v) is 1.72. The van der Waals surface area contributed by atoms with Crippen LogP contribution in [0.3, 0.4) is 0 Å². The van der Waals surface area contributed by atoms with Gasteiger partial charge in [0.1, 0.15) is 6.61 Å². The Morgan fingerprint density at radius 1 is 1.77 bits per heavy atom. The van der Waals surface area contributed by atoms with E-state index >= 15 is 0 Å². The van der Waals surface area contributed by atoms with E-state index in [2.05, 4.69) is 35.6 Å². The standard InChI is InChI=1S/C9H15N3O/c1-4-5-13-12-8-10-6-9(2,3)7-11-8/h1H,5-7H2,2-3H3,(H2,10,11,12). The summed E-state index contributed by atoms with van der Waals surface area (Å²) in [5.74, 6) is 3.02. The van der Waals surface area contributed by atoms with Crippen LogP contribution >= 0.6 is 0 Å². The van der Waals surface area contributed by atoms with Gasteiger partial charge in [0.15, 0.2) is 0 Å². The van der Waals surface area contributed by atoms with Crippen molar-refractivity contribution < 1.29 is 4.84 Å². The van der Waals surface area contributed by atoms with Crippen molar-refractivity contribution in [3.8, 4) is 12.3 Å². The molecule has 72 valence electrons. The molecule has 1 aliphatic rings. The summed E-state index contributed by atoms with van der Waals surface area (Å²) in [7, 11) is 0. The molecule has 0 aromatic rings. The SMILES string of the molecule is C#CCONC1=NCC(C)(C)CN1. The van der Waals surface area contributed by atoms with Crippen LogP contribution in [0.25, 0.3) is 0 Å². The van der Waals surface area contributed by atoms with Gasteiger partial charge >= 0.3 is 0 Å². The lowest BCUT2D eigenvalue weighted by Gasteiger charge is -2.28. The van der Waals surface area contributed by atoms with E-state index < -0.39 is 0 Å². The summed E-state index contributed by atoms with van der Waals surface area (Å²) in [6.07, 6.45) is 5.01. The van der Waals surface area contributed by atoms with Crippen molar-refractivity contribution in [1.82, 2.24) is 10.8 Å². The van der Waals surface area contributed by atoms with Crippen LogP contribution in [-0.2, 0) is 4.84 Å². The van der Waals surface area contributed by atoms with Crippen LogP contribution in [-0.4, -0.2) is 25.7 Å². The van der Waals surface area contributed by atoms with Crippen LogP contribution in [0.15, 0.2) is 4.99 Å². The Kier molecular flexibility index (Phi) is 3.15. The molecule has 0 atom stereocenters. The Hall–Kier alpha value is -1.21. The first-order valence-electron chi connectivity index (χ1n) is 4.24. The fourth-order valence-corrected chi connectivity index (χ4v) is 0.942. The first-order chi connectivity index (χ1) is 6.14. The maximum absolute atomic E-state index is 5.01. The smallest absolute Gasteiger partial charge is 0.215 e. The van der Waals surface area contributed by atoms with E-state index in [0.717, 1.165) is 13.1 Å². The van der Waals surface area contributed by atoms with Crippen LogP contribution in [0, 0.1) is 17.8 Å². The highest BCUT2D eigenvalue weighted by Gasteiger charge is 2.21. The molecule has 4 nitrogen and oxygen atoms in total. The average Bonchev–Trinajstić information content (AvgIpc) is 2.08. The van der Waals surface area contributed by atoms with Crippen molar-refractivity contribution in [3.05, 3.63) is 0 Å². The molecule has 2 N–H and O–H groups in total. The number of terminal acetylenes is 1. The number of hydrogen-bond acceptors (Lipinski definition) is 4. The predicted octanol–water partition coefficient (Wildman–Crippen LogP) is 0.126. The molecule has 1 aliphatic heterocycles. The van der Waals surface area contributed by atoms with E-state index in [4.69, 9.17) is 11.3 Å². The minimum absolute atomic E-state index is 0.220. The summed E-state index contributed by atoms with van der Waals surface area (Å²) in [4.78, 5) is 9.17. The summed E-state index contributed by atoms with van der Waals surface area (Å²) < 4.78 is 0. The molecule has 0 spiro atoms. The average molecular weight is 181 g/mol. The molecule has 4 heteroatoms. The van der Waals surface area contributed by atoms with Crippen LogP contribution in [0.2, 0.25) is 0 Å². The topological polar surface area (TPSA) is 45.6 Å². The zero-order chi connectivity index (χ0) is 9.73. The number of hydrogen-bond donors (Lipinski definition) is 2. The van der Waals surface area contributed by atoms with Crippen molar-refractivity contribution in [2.24, 2.45) is 10.4 Å². The Balaban J connectivity index is 2.30. The van der Waals surface area contributed by atoms with Gasteiger partial charge in [0, 0.05) is 18.5 Å². The zero-order valence-electron chi connectivity index (χ0n) is 8.05. The molecule has 0 amide bonds. The van der Waals surface area contributed by atoms with Gasteiger partial charge in [-0.25, -0.2) is 5.48 Å². The normalized spacial score (nSPS) is 19.6. The largest absolute Gasteiger partial charge is 0.354 e. The van der Waals surface area contributed by atoms with E-state index in [1.54, 1.807) is 0 Å². The molecule has 0 saturated heterocycles. The summed E-state index contributed by atoms with van der Waals surface area (Å²) in [6.45, 7) is 6.23. The maximum atomic E-state index is 5.01. The fourth-order valence-electron chi connectivity index (χ4n) is 0.942. The lowest BCUT2D eigenvalue weighted by Crippen LogP contribution is -2.47. The van der Waals surface area contributed by atoms with Gasteiger partial charge in [0.05, 0.1) is 0 Å². The second-order valence-electron chi connectivity index (χ2n) is 3.78. The first kappa shape index (κ1) is 9.87. The van der Waals surface area contributed by atoms with Gasteiger partial charge < -0.3 is 5.32 Å². The third-order valence-electron chi connectivity index (χ3n) is 1.72. The molecular weight excluding hydrogens is 166 g/mol. The highest BCUT2D eigenvalue weighted by atomic mass is 16.6. The minimum atomic E-state index is 0.220. The minimum Gasteiger partial charge on any atom is -0.354 e. The Morgan fingerprint density at radius 2 is 2.54 bits per heavy atom. The maximum Gasteiger partial charge on any atom is 0.215 e. The van der Waals surface area contributed by atoms with Gasteiger partial charge in [-0.15, -0.1) is 6.42 Å². The Bertz CT molecular complexity index is 240. The van der Waals surface area contributed by atoms with Crippen molar-refractivity contribution in [1.29, 1.82) is 0 Å². The summed E-state index contributed by atoms with van der Waals surface area (Å²) in [6, 6.07) is 0. The fraction of sp³-hybridized carbons (Fsp3) is 0.667. The number of rotatable bonds is 2. The van der Waals surface area contributed by atoms with E-state index in [9.17, 15) is 0 Å². The Labute approximate surface area is 78.7 Å². The van der Waals surface area contributed by atoms with Gasteiger partial charge in [-0.1, -0.05) is 19.8 Å². The lowest BCUT2D eigenvalue weighted by atomic mass is 9.93. The van der Waals surface area contributed by atoms with Gasteiger partial charge in [-0.05, 0) is 0 Å². The van der Waals surface area contributed by atoms with Gasteiger partial charge in [-0.2, -0.15) is 0 Å². The second-order valence-corrected chi connectivity index (χ2v) is 3.78. The van der Waals surface area contributed by atoms with Crippen molar-refractivity contribution in [3.63, 3.8) is 0 Å². The first-order valence-corrected chi connectivity index (χ1v) is 4.24. The monoisotopic (exact) mass is 181 g/mol. The number of aliphatic imine (C=N–C) groups is 1. The van der Waals surface area contributed by atoms with Crippen molar-refractivity contribution >= 4 is 5.96 Å². The van der Waals surface area contributed by atoms with Gasteiger partial charge in [0.2, 0.25) is 5.96 Å². The third kappa shape index (κ3) is 3.34. The molecule has 0 radical (unpaired) electrons. The van der Waals surface area contributed by atoms with Gasteiger partial charge in [0.25, 0.3) is 0 Å². The van der Waals surface area contributed by atoms with E-state index in [0.29, 0.717) is 5.96 Å². The van der Waals surface area contributed by atoms with Crippen LogP contribution in [0.5, 0.6) is 0 Å². The second kappa shape index (κ2) is 4.15. The molecule has 0 aliphatic carbocycles. The number of nitrogens with one attached hydrogen (secondary N) is 2. The highest BCUT2D eigenvalue weighted by Crippen LogP contribution is 2.15. The molecule has 0 fully saturated rings. The molecule has 0 unspecified atom stereocenters.